The van der Waals surface area contributed by atoms with Crippen molar-refractivity contribution in [2.75, 3.05) is 0 Å². The Morgan fingerprint density at radius 2 is 2.27 bits per heavy atom. The van der Waals surface area contributed by atoms with Crippen LogP contribution >= 0.6 is 0 Å². The van der Waals surface area contributed by atoms with E-state index < -0.39 is 5.97 Å². The molecule has 3 N–H and O–H groups in total. The van der Waals surface area contributed by atoms with Gasteiger partial charge in [-0.1, -0.05) is 6.42 Å². The summed E-state index contributed by atoms with van der Waals surface area (Å²) in [5, 5.41) is 8.51. The number of rotatable bonds is 2. The maximum absolute atomic E-state index is 10.3. The van der Waals surface area contributed by atoms with Gasteiger partial charge in [-0.25, -0.2) is 0 Å². The zero-order valence-electron chi connectivity index (χ0n) is 6.62. The molecule has 0 heterocycles. The minimum atomic E-state index is -0.691. The standard InChI is InChI=1S/C8H15NO2/c9-7-3-1-2-6(4-7)5-8(10)11/h6-7H,1-5,9H2,(H,10,11)/t6-,7-/m0/s1. The second-order valence-electron chi connectivity index (χ2n) is 3.39. The average molecular weight is 157 g/mol. The minimum Gasteiger partial charge on any atom is -0.481 e. The Bertz CT molecular complexity index is 147. The van der Waals surface area contributed by atoms with E-state index in [2.05, 4.69) is 0 Å². The summed E-state index contributed by atoms with van der Waals surface area (Å²) in [4.78, 5) is 10.3. The molecule has 0 bridgehead atoms. The molecule has 1 aliphatic carbocycles. The van der Waals surface area contributed by atoms with Gasteiger partial charge >= 0.3 is 5.97 Å². The van der Waals surface area contributed by atoms with E-state index in [1.807, 2.05) is 0 Å². The molecule has 1 rings (SSSR count). The molecule has 0 saturated heterocycles. The topological polar surface area (TPSA) is 63.3 Å². The van der Waals surface area contributed by atoms with E-state index in [0.29, 0.717) is 12.3 Å². The number of carbonyl (C=O) groups is 1. The predicted molar refractivity (Wildman–Crippen MR) is 42.2 cm³/mol. The van der Waals surface area contributed by atoms with Crippen molar-refractivity contribution in [3.63, 3.8) is 0 Å². The Morgan fingerprint density at radius 3 is 2.82 bits per heavy atom. The van der Waals surface area contributed by atoms with E-state index >= 15 is 0 Å². The van der Waals surface area contributed by atoms with E-state index in [1.54, 1.807) is 0 Å². The molecule has 0 amide bonds. The fraction of sp³-hybridized carbons (Fsp3) is 0.875. The summed E-state index contributed by atoms with van der Waals surface area (Å²) in [6, 6.07) is 0.244. The van der Waals surface area contributed by atoms with Crippen molar-refractivity contribution in [1.82, 2.24) is 0 Å². The van der Waals surface area contributed by atoms with Gasteiger partial charge in [0, 0.05) is 12.5 Å². The monoisotopic (exact) mass is 157 g/mol. The molecule has 64 valence electrons. The van der Waals surface area contributed by atoms with Crippen LogP contribution in [0.15, 0.2) is 0 Å². The van der Waals surface area contributed by atoms with Gasteiger partial charge in [0.25, 0.3) is 0 Å². The highest BCUT2D eigenvalue weighted by Gasteiger charge is 2.20. The summed E-state index contributed by atoms with van der Waals surface area (Å²) in [5.41, 5.74) is 5.71. The lowest BCUT2D eigenvalue weighted by atomic mass is 9.84. The molecule has 0 aliphatic heterocycles. The summed E-state index contributed by atoms with van der Waals surface area (Å²) in [5.74, 6) is -0.361. The largest absolute Gasteiger partial charge is 0.481 e. The van der Waals surface area contributed by atoms with E-state index in [4.69, 9.17) is 10.8 Å². The molecule has 1 saturated carbocycles. The van der Waals surface area contributed by atoms with Crippen LogP contribution in [0.25, 0.3) is 0 Å². The molecule has 0 spiro atoms. The summed E-state index contributed by atoms with van der Waals surface area (Å²) < 4.78 is 0. The Kier molecular flexibility index (Phi) is 2.88. The maximum atomic E-state index is 10.3. The Morgan fingerprint density at radius 1 is 1.55 bits per heavy atom. The van der Waals surface area contributed by atoms with Gasteiger partial charge in [-0.2, -0.15) is 0 Å². The zero-order valence-corrected chi connectivity index (χ0v) is 6.62. The summed E-state index contributed by atoms with van der Waals surface area (Å²) in [6.07, 6.45) is 4.40. The van der Waals surface area contributed by atoms with Crippen molar-refractivity contribution in [1.29, 1.82) is 0 Å². The average Bonchev–Trinajstić information content (AvgIpc) is 1.85. The number of hydrogen-bond acceptors (Lipinski definition) is 2. The quantitative estimate of drug-likeness (QED) is 0.628. The van der Waals surface area contributed by atoms with Crippen molar-refractivity contribution < 1.29 is 9.90 Å². The summed E-state index contributed by atoms with van der Waals surface area (Å²) >= 11 is 0. The van der Waals surface area contributed by atoms with Crippen LogP contribution in [0, 0.1) is 5.92 Å². The molecule has 0 aromatic heterocycles. The molecule has 3 heteroatoms. The van der Waals surface area contributed by atoms with E-state index in [-0.39, 0.29) is 6.04 Å². The van der Waals surface area contributed by atoms with Gasteiger partial charge in [0.05, 0.1) is 0 Å². The second kappa shape index (κ2) is 3.72. The number of nitrogens with two attached hydrogens (primary N) is 1. The van der Waals surface area contributed by atoms with Gasteiger partial charge in [-0.05, 0) is 25.2 Å². The van der Waals surface area contributed by atoms with Crippen molar-refractivity contribution in [3.8, 4) is 0 Å². The van der Waals surface area contributed by atoms with E-state index in [1.165, 1.54) is 0 Å². The van der Waals surface area contributed by atoms with Gasteiger partial charge in [-0.3, -0.25) is 4.79 Å². The molecule has 0 unspecified atom stereocenters. The van der Waals surface area contributed by atoms with Crippen LogP contribution in [-0.4, -0.2) is 17.1 Å². The fourth-order valence-corrected chi connectivity index (χ4v) is 1.76. The Labute approximate surface area is 66.6 Å². The van der Waals surface area contributed by atoms with Gasteiger partial charge in [0.15, 0.2) is 0 Å². The normalized spacial score (nSPS) is 31.7. The van der Waals surface area contributed by atoms with E-state index in [0.717, 1.165) is 25.7 Å². The molecular formula is C8H15NO2. The summed E-state index contributed by atoms with van der Waals surface area (Å²) in [7, 11) is 0. The van der Waals surface area contributed by atoms with Crippen LogP contribution < -0.4 is 5.73 Å². The lowest BCUT2D eigenvalue weighted by molar-refractivity contribution is -0.138. The van der Waals surface area contributed by atoms with E-state index in [9.17, 15) is 4.79 Å². The smallest absolute Gasteiger partial charge is 0.303 e. The number of carboxylic acid groups (broad SMARTS) is 1. The number of aliphatic carboxylic acids is 1. The third kappa shape index (κ3) is 2.89. The zero-order chi connectivity index (χ0) is 8.27. The lowest BCUT2D eigenvalue weighted by Gasteiger charge is -2.24. The molecule has 1 aliphatic rings. The molecule has 3 nitrogen and oxygen atoms in total. The van der Waals surface area contributed by atoms with Crippen molar-refractivity contribution in [2.45, 2.75) is 38.1 Å². The molecule has 0 aromatic carbocycles. The molecular weight excluding hydrogens is 142 g/mol. The summed E-state index contributed by atoms with van der Waals surface area (Å²) in [6.45, 7) is 0. The molecule has 1 fully saturated rings. The van der Waals surface area contributed by atoms with Gasteiger partial charge in [0.2, 0.25) is 0 Å². The van der Waals surface area contributed by atoms with Crippen molar-refractivity contribution in [2.24, 2.45) is 11.7 Å². The van der Waals surface area contributed by atoms with Gasteiger partial charge < -0.3 is 10.8 Å². The first-order valence-electron chi connectivity index (χ1n) is 4.16. The first kappa shape index (κ1) is 8.53. The highest BCUT2D eigenvalue weighted by Crippen LogP contribution is 2.25. The Balaban J connectivity index is 2.28. The van der Waals surface area contributed by atoms with Crippen molar-refractivity contribution >= 4 is 5.97 Å². The molecule has 2 atom stereocenters. The highest BCUT2D eigenvalue weighted by atomic mass is 16.4. The highest BCUT2D eigenvalue weighted by molar-refractivity contribution is 5.67. The van der Waals surface area contributed by atoms with Crippen LogP contribution in [0.1, 0.15) is 32.1 Å². The van der Waals surface area contributed by atoms with Gasteiger partial charge in [-0.15, -0.1) is 0 Å². The third-order valence-corrected chi connectivity index (χ3v) is 2.29. The second-order valence-corrected chi connectivity index (χ2v) is 3.39. The Hall–Kier alpha value is -0.570. The van der Waals surface area contributed by atoms with Crippen LogP contribution in [0.3, 0.4) is 0 Å². The minimum absolute atomic E-state index is 0.244. The maximum Gasteiger partial charge on any atom is 0.303 e. The molecule has 0 radical (unpaired) electrons. The third-order valence-electron chi connectivity index (χ3n) is 2.29. The van der Waals surface area contributed by atoms with Crippen molar-refractivity contribution in [3.05, 3.63) is 0 Å². The SMILES string of the molecule is N[C@H]1CCC[C@H](CC(=O)O)C1. The van der Waals surface area contributed by atoms with Crippen LogP contribution in [0.5, 0.6) is 0 Å². The number of hydrogen-bond donors (Lipinski definition) is 2. The lowest BCUT2D eigenvalue weighted by Crippen LogP contribution is -2.28. The van der Waals surface area contributed by atoms with Gasteiger partial charge in [0.1, 0.15) is 0 Å². The fourth-order valence-electron chi connectivity index (χ4n) is 1.76. The van der Waals surface area contributed by atoms with Crippen LogP contribution in [0.4, 0.5) is 0 Å². The first-order chi connectivity index (χ1) is 5.18. The van der Waals surface area contributed by atoms with Crippen LogP contribution in [0.2, 0.25) is 0 Å². The van der Waals surface area contributed by atoms with Crippen LogP contribution in [-0.2, 0) is 4.79 Å². The predicted octanol–water partition coefficient (Wildman–Crippen LogP) is 0.979. The number of carboxylic acids is 1. The first-order valence-corrected chi connectivity index (χ1v) is 4.16. The molecule has 0 aromatic rings. The molecule has 11 heavy (non-hydrogen) atoms.